The van der Waals surface area contributed by atoms with E-state index < -0.39 is 0 Å². The topological polar surface area (TPSA) is 38.3 Å². The summed E-state index contributed by atoms with van der Waals surface area (Å²) in [7, 11) is 1.60. The van der Waals surface area contributed by atoms with Crippen molar-refractivity contribution in [1.82, 2.24) is 5.32 Å². The van der Waals surface area contributed by atoms with E-state index in [1.807, 2.05) is 0 Å². The lowest BCUT2D eigenvalue weighted by atomic mass is 10.1. The molecule has 17 heavy (non-hydrogen) atoms. The van der Waals surface area contributed by atoms with Crippen molar-refractivity contribution in [2.75, 3.05) is 7.11 Å². The number of ether oxygens (including phenoxy) is 1. The van der Waals surface area contributed by atoms with Crippen LogP contribution in [-0.4, -0.2) is 19.1 Å². The third kappa shape index (κ3) is 3.73. The van der Waals surface area contributed by atoms with Crippen molar-refractivity contribution in [3.63, 3.8) is 0 Å². The van der Waals surface area contributed by atoms with Gasteiger partial charge in [-0.25, -0.2) is 0 Å². The van der Waals surface area contributed by atoms with Crippen LogP contribution in [0.1, 0.15) is 37.0 Å². The molecule has 0 aliphatic heterocycles. The predicted octanol–water partition coefficient (Wildman–Crippen LogP) is 3.38. The fraction of sp³-hybridized carbons (Fsp3) is 0.462. The third-order valence-electron chi connectivity index (χ3n) is 2.73. The van der Waals surface area contributed by atoms with E-state index in [4.69, 9.17) is 4.74 Å². The Balaban J connectivity index is 2.79. The first-order valence-corrected chi connectivity index (χ1v) is 6.56. The zero-order chi connectivity index (χ0) is 12.8. The van der Waals surface area contributed by atoms with Crippen LogP contribution < -0.4 is 10.1 Å². The van der Waals surface area contributed by atoms with Gasteiger partial charge in [0.1, 0.15) is 5.75 Å². The molecule has 0 saturated carbocycles. The van der Waals surface area contributed by atoms with Crippen molar-refractivity contribution in [2.45, 2.75) is 32.7 Å². The highest BCUT2D eigenvalue weighted by Gasteiger charge is 2.12. The Kier molecular flexibility index (Phi) is 5.48. The lowest BCUT2D eigenvalue weighted by molar-refractivity contribution is 0.0935. The Bertz CT molecular complexity index is 389. The number of carbonyl (C=O) groups excluding carboxylic acids is 1. The standard InChI is InChI=1S/C13H18BrNO2/c1-4-10(5-2)15-13(16)9-6-7-12(17-3)11(14)8-9/h6-8,10H,4-5H2,1-3H3,(H,15,16). The molecule has 0 aromatic heterocycles. The van der Waals surface area contributed by atoms with Gasteiger partial charge in [-0.15, -0.1) is 0 Å². The first-order valence-electron chi connectivity index (χ1n) is 5.76. The van der Waals surface area contributed by atoms with Gasteiger partial charge in [-0.1, -0.05) is 13.8 Å². The Hall–Kier alpha value is -1.03. The number of rotatable bonds is 5. The molecule has 3 nitrogen and oxygen atoms in total. The van der Waals surface area contributed by atoms with E-state index in [1.54, 1.807) is 25.3 Å². The SMILES string of the molecule is CCC(CC)NC(=O)c1ccc(OC)c(Br)c1. The molecule has 0 bridgehead atoms. The molecule has 0 heterocycles. The molecule has 0 aliphatic carbocycles. The zero-order valence-electron chi connectivity index (χ0n) is 10.4. The van der Waals surface area contributed by atoms with Gasteiger partial charge in [0, 0.05) is 11.6 Å². The van der Waals surface area contributed by atoms with E-state index in [-0.39, 0.29) is 11.9 Å². The van der Waals surface area contributed by atoms with Gasteiger partial charge in [-0.3, -0.25) is 4.79 Å². The molecule has 0 atom stereocenters. The van der Waals surface area contributed by atoms with Crippen molar-refractivity contribution in [1.29, 1.82) is 0 Å². The average molecular weight is 300 g/mol. The quantitative estimate of drug-likeness (QED) is 0.905. The highest BCUT2D eigenvalue weighted by atomic mass is 79.9. The summed E-state index contributed by atoms with van der Waals surface area (Å²) in [5, 5.41) is 3.00. The maximum absolute atomic E-state index is 12.0. The maximum Gasteiger partial charge on any atom is 0.251 e. The number of nitrogens with one attached hydrogen (secondary N) is 1. The molecule has 1 aromatic rings. The van der Waals surface area contributed by atoms with E-state index in [0.29, 0.717) is 5.56 Å². The van der Waals surface area contributed by atoms with E-state index in [0.717, 1.165) is 23.1 Å². The van der Waals surface area contributed by atoms with Crippen molar-refractivity contribution >= 4 is 21.8 Å². The first kappa shape index (κ1) is 14.0. The van der Waals surface area contributed by atoms with Crippen LogP contribution in [0.3, 0.4) is 0 Å². The van der Waals surface area contributed by atoms with E-state index >= 15 is 0 Å². The average Bonchev–Trinajstić information content (AvgIpc) is 2.35. The summed E-state index contributed by atoms with van der Waals surface area (Å²) in [4.78, 5) is 12.0. The summed E-state index contributed by atoms with van der Waals surface area (Å²) in [6.07, 6.45) is 1.89. The number of halogens is 1. The number of benzene rings is 1. The number of hydrogen-bond donors (Lipinski definition) is 1. The van der Waals surface area contributed by atoms with Crippen molar-refractivity contribution in [3.8, 4) is 5.75 Å². The molecule has 1 rings (SSSR count). The molecular formula is C13H18BrNO2. The van der Waals surface area contributed by atoms with Gasteiger partial charge in [0.05, 0.1) is 11.6 Å². The molecule has 0 unspecified atom stereocenters. The highest BCUT2D eigenvalue weighted by Crippen LogP contribution is 2.25. The monoisotopic (exact) mass is 299 g/mol. The van der Waals surface area contributed by atoms with Crippen molar-refractivity contribution in [2.24, 2.45) is 0 Å². The minimum absolute atomic E-state index is 0.0398. The molecule has 0 spiro atoms. The van der Waals surface area contributed by atoms with Crippen LogP contribution >= 0.6 is 15.9 Å². The fourth-order valence-electron chi connectivity index (χ4n) is 1.57. The van der Waals surface area contributed by atoms with Crippen molar-refractivity contribution in [3.05, 3.63) is 28.2 Å². The lowest BCUT2D eigenvalue weighted by Gasteiger charge is -2.15. The first-order chi connectivity index (χ1) is 8.12. The summed E-state index contributed by atoms with van der Waals surface area (Å²) < 4.78 is 5.91. The van der Waals surface area contributed by atoms with Gasteiger partial charge in [0.15, 0.2) is 0 Å². The van der Waals surface area contributed by atoms with Gasteiger partial charge in [0.2, 0.25) is 0 Å². The van der Waals surface area contributed by atoms with Crippen LogP contribution in [0.25, 0.3) is 0 Å². The molecule has 1 aromatic carbocycles. The number of methoxy groups -OCH3 is 1. The van der Waals surface area contributed by atoms with Crippen molar-refractivity contribution < 1.29 is 9.53 Å². The second-order valence-corrected chi connectivity index (χ2v) is 4.69. The van der Waals surface area contributed by atoms with Gasteiger partial charge >= 0.3 is 0 Å². The molecule has 4 heteroatoms. The summed E-state index contributed by atoms with van der Waals surface area (Å²) >= 11 is 3.37. The molecule has 1 N–H and O–H groups in total. The Morgan fingerprint density at radius 2 is 2.06 bits per heavy atom. The molecular weight excluding hydrogens is 282 g/mol. The molecule has 0 radical (unpaired) electrons. The summed E-state index contributed by atoms with van der Waals surface area (Å²) in [5.74, 6) is 0.686. The largest absolute Gasteiger partial charge is 0.496 e. The van der Waals surface area contributed by atoms with E-state index in [9.17, 15) is 4.79 Å². The Labute approximate surface area is 111 Å². The molecule has 0 fully saturated rings. The minimum Gasteiger partial charge on any atom is -0.496 e. The molecule has 1 amide bonds. The number of amides is 1. The van der Waals surface area contributed by atoms with Crippen LogP contribution in [0.5, 0.6) is 5.75 Å². The summed E-state index contributed by atoms with van der Waals surface area (Å²) in [5.41, 5.74) is 0.643. The summed E-state index contributed by atoms with van der Waals surface area (Å²) in [6, 6.07) is 5.56. The van der Waals surface area contributed by atoms with Crippen LogP contribution in [0.4, 0.5) is 0 Å². The number of hydrogen-bond acceptors (Lipinski definition) is 2. The molecule has 0 saturated heterocycles. The smallest absolute Gasteiger partial charge is 0.251 e. The van der Waals surface area contributed by atoms with Gasteiger partial charge < -0.3 is 10.1 Å². The number of carbonyl (C=O) groups is 1. The maximum atomic E-state index is 12.0. The summed E-state index contributed by atoms with van der Waals surface area (Å²) in [6.45, 7) is 4.14. The zero-order valence-corrected chi connectivity index (χ0v) is 12.0. The molecule has 0 aliphatic rings. The second-order valence-electron chi connectivity index (χ2n) is 3.84. The highest BCUT2D eigenvalue weighted by molar-refractivity contribution is 9.10. The van der Waals surface area contributed by atoms with Crippen LogP contribution in [-0.2, 0) is 0 Å². The normalized spacial score (nSPS) is 10.4. The lowest BCUT2D eigenvalue weighted by Crippen LogP contribution is -2.33. The minimum atomic E-state index is -0.0398. The van der Waals surface area contributed by atoms with Crippen LogP contribution in [0.15, 0.2) is 22.7 Å². The van der Waals surface area contributed by atoms with E-state index in [2.05, 4.69) is 35.1 Å². The van der Waals surface area contributed by atoms with E-state index in [1.165, 1.54) is 0 Å². The van der Waals surface area contributed by atoms with Crippen LogP contribution in [0, 0.1) is 0 Å². The van der Waals surface area contributed by atoms with Crippen LogP contribution in [0.2, 0.25) is 0 Å². The van der Waals surface area contributed by atoms with Gasteiger partial charge in [-0.05, 0) is 47.0 Å². The predicted molar refractivity (Wildman–Crippen MR) is 72.5 cm³/mol. The fourth-order valence-corrected chi connectivity index (χ4v) is 2.11. The molecule has 94 valence electrons. The third-order valence-corrected chi connectivity index (χ3v) is 3.35. The second kappa shape index (κ2) is 6.64. The van der Waals surface area contributed by atoms with Gasteiger partial charge in [-0.2, -0.15) is 0 Å². The van der Waals surface area contributed by atoms with Gasteiger partial charge in [0.25, 0.3) is 5.91 Å². The Morgan fingerprint density at radius 1 is 1.41 bits per heavy atom. The Morgan fingerprint density at radius 3 is 2.53 bits per heavy atom.